The number of amides is 12. The van der Waals surface area contributed by atoms with Gasteiger partial charge in [-0.25, -0.2) is 26.3 Å². The lowest BCUT2D eigenvalue weighted by Gasteiger charge is -2.46. The van der Waals surface area contributed by atoms with Gasteiger partial charge in [0.1, 0.15) is 71.1 Å². The molecule has 0 unspecified atom stereocenters. The van der Waals surface area contributed by atoms with Crippen molar-refractivity contribution < 1.29 is 97.0 Å². The third-order valence-electron chi connectivity index (χ3n) is 21.7. The van der Waals surface area contributed by atoms with Crippen molar-refractivity contribution >= 4 is 70.9 Å². The molecule has 7 rings (SSSR count). The normalized spacial score (nSPS) is 28.0. The van der Waals surface area contributed by atoms with Gasteiger partial charge in [0.15, 0.2) is 0 Å². The van der Waals surface area contributed by atoms with E-state index in [1.54, 1.807) is 32.9 Å². The second-order valence-electron chi connectivity index (χ2n) is 29.2. The molecule has 5 fully saturated rings. The number of rotatable bonds is 10. The first-order valence-corrected chi connectivity index (χ1v) is 35.3. The highest BCUT2D eigenvalue weighted by atomic mass is 19.4. The number of aryl methyl sites for hydroxylation is 1. The molecule has 24 nitrogen and oxygen atoms in total. The molecule has 1 aromatic carbocycles. The van der Waals surface area contributed by atoms with E-state index < -0.39 is 241 Å². The van der Waals surface area contributed by atoms with Crippen LogP contribution in [0, 0.1) is 29.4 Å². The summed E-state index contributed by atoms with van der Waals surface area (Å²) in [6.45, 7) is 1.66. The fraction of sp³-hybridized carbons (Fsp3) is 0.714. The summed E-state index contributed by atoms with van der Waals surface area (Å²) in [6, 6.07) is -12.0. The van der Waals surface area contributed by atoms with Gasteiger partial charge in [0.25, 0.3) is 5.92 Å². The molecule has 0 aromatic heterocycles. The molecule has 33 heteroatoms. The summed E-state index contributed by atoms with van der Waals surface area (Å²) in [5.41, 5.74) is -4.65. The summed E-state index contributed by atoms with van der Waals surface area (Å²) in [5.74, 6) is -24.0. The number of hydrogen-bond acceptors (Lipinski definition) is 12. The van der Waals surface area contributed by atoms with Crippen LogP contribution in [0.5, 0.6) is 0 Å². The van der Waals surface area contributed by atoms with Crippen LogP contribution in [0.1, 0.15) is 154 Å². The van der Waals surface area contributed by atoms with E-state index in [1.807, 2.05) is 0 Å². The standard InChI is InChI=1S/C70H99F9N12O12/c1-12-40(3)56-64(101)85(7)38-54(94)87(9)48-22-15-14-18-31-90(63(48)100)50(34-41-25-29-68(73,74)30-26-41)62(99)84(6)37-52(92)80-46(24-23-42-32-44(71)55(45(72)33-42)70(77,78)79)60(97)91-39-69(75,76)36-51(91)59(96)82-67(27-19-28-67)66(103)89(11)57(43-20-16-17-21-43)65(102)88(10)49(61(98)83(4)5)35-53(93)86(8)47(13-2)58(95)81-56/h14-15,32-33,40-41,43,46-51,56-57H,12-13,16-31,34-39H2,1-11H3,(H,80,92)(H,81,95)(H,82,96)/b15-14-/t40-,46-,47-,48-,49-,50-,51-,56-,57-/m0/s1. The number of nitrogens with one attached hydrogen (secondary N) is 3. The van der Waals surface area contributed by atoms with Crippen molar-refractivity contribution in [2.45, 2.75) is 221 Å². The molecule has 103 heavy (non-hydrogen) atoms. The number of alkyl halides is 7. The fourth-order valence-electron chi connectivity index (χ4n) is 15.1. The number of carbonyl (C=O) groups is 12. The van der Waals surface area contributed by atoms with Gasteiger partial charge < -0.3 is 60.0 Å². The van der Waals surface area contributed by atoms with Crippen LogP contribution in [-0.2, 0) is 70.1 Å². The van der Waals surface area contributed by atoms with Gasteiger partial charge in [-0.1, -0.05) is 52.2 Å². The van der Waals surface area contributed by atoms with E-state index in [0.29, 0.717) is 49.1 Å². The van der Waals surface area contributed by atoms with Crippen molar-refractivity contribution in [2.24, 2.45) is 17.8 Å². The highest BCUT2D eigenvalue weighted by molar-refractivity contribution is 6.01. The Kier molecular flexibility index (Phi) is 27.0. The van der Waals surface area contributed by atoms with Crippen molar-refractivity contribution in [2.75, 3.05) is 82.6 Å². The molecule has 3 heterocycles. The third kappa shape index (κ3) is 19.3. The van der Waals surface area contributed by atoms with E-state index in [-0.39, 0.29) is 64.3 Å². The molecular formula is C70H99F9N12O12. The number of likely N-dealkylation sites (N-methyl/N-ethyl adjacent to an activating group) is 7. The SMILES string of the molecule is CC[C@H](C)[C@@H]1NC(=O)[C@H](CC)N(C)C(=O)C[C@@H](C(=O)N(C)C)N(C)C(=O)[C@H](C2CCCC2)N(C)C(=O)C2(CCC2)NC(=O)[C@@H]2CC(F)(F)CN2C(=O)[C@H](CCc2cc(F)c(C(F)(F)F)c(F)c2)NC(=O)CN(C)C(=O)[C@H](CC2CCC(F)(F)CC2)N2CC/C=C\C[C@@H](C2=O)N(C)C(=O)CN(C)C1=O. The van der Waals surface area contributed by atoms with E-state index in [1.165, 1.54) is 54.2 Å². The van der Waals surface area contributed by atoms with Gasteiger partial charge in [-0.3, -0.25) is 57.5 Å². The molecular weight excluding hydrogens is 1370 g/mol. The monoisotopic (exact) mass is 1470 g/mol. The number of benzene rings is 1. The third-order valence-corrected chi connectivity index (χ3v) is 21.7. The lowest BCUT2D eigenvalue weighted by atomic mass is 9.74. The molecule has 1 aromatic rings. The molecule has 2 saturated heterocycles. The Morgan fingerprint density at radius 2 is 1.27 bits per heavy atom. The molecule has 6 aliphatic rings. The Balaban J connectivity index is 1.32. The average molecular weight is 1470 g/mol. The molecule has 3 aliphatic heterocycles. The number of nitrogens with zero attached hydrogens (tertiary/aromatic N) is 9. The van der Waals surface area contributed by atoms with Gasteiger partial charge >= 0.3 is 6.18 Å². The largest absolute Gasteiger partial charge is 0.422 e. The summed E-state index contributed by atoms with van der Waals surface area (Å²) in [5, 5.41) is 7.72. The van der Waals surface area contributed by atoms with E-state index >= 15 is 41.5 Å². The van der Waals surface area contributed by atoms with Crippen LogP contribution in [0.4, 0.5) is 39.5 Å². The van der Waals surface area contributed by atoms with Gasteiger partial charge in [0.05, 0.1) is 26.1 Å². The Morgan fingerprint density at radius 3 is 1.83 bits per heavy atom. The lowest BCUT2D eigenvalue weighted by molar-refractivity contribution is -0.157. The lowest BCUT2D eigenvalue weighted by Crippen LogP contribution is -2.68. The van der Waals surface area contributed by atoms with Gasteiger partial charge in [0.2, 0.25) is 76.8 Å². The summed E-state index contributed by atoms with van der Waals surface area (Å²) in [4.78, 5) is 187. The predicted octanol–water partition coefficient (Wildman–Crippen LogP) is 5.29. The summed E-state index contributed by atoms with van der Waals surface area (Å²) in [7, 11) is 10.4. The zero-order valence-electron chi connectivity index (χ0n) is 60.5. The van der Waals surface area contributed by atoms with Gasteiger partial charge in [-0.2, -0.15) is 13.2 Å². The second-order valence-corrected chi connectivity index (χ2v) is 29.2. The molecule has 3 N–H and O–H groups in total. The maximum Gasteiger partial charge on any atom is 0.422 e. The van der Waals surface area contributed by atoms with Crippen LogP contribution < -0.4 is 16.0 Å². The summed E-state index contributed by atoms with van der Waals surface area (Å²) >= 11 is 0. The maximum atomic E-state index is 16.1. The van der Waals surface area contributed by atoms with E-state index in [2.05, 4.69) is 16.0 Å². The summed E-state index contributed by atoms with van der Waals surface area (Å²) < 4.78 is 133. The molecule has 0 radical (unpaired) electrons. The number of fused-ring (bicyclic) bond motifs is 3. The predicted molar refractivity (Wildman–Crippen MR) is 355 cm³/mol. The minimum Gasteiger partial charge on any atom is -0.347 e. The average Bonchev–Trinajstić information content (AvgIpc) is 1.41. The summed E-state index contributed by atoms with van der Waals surface area (Å²) in [6.07, 6.45) is -5.00. The van der Waals surface area contributed by atoms with Crippen molar-refractivity contribution in [3.05, 3.63) is 47.0 Å². The van der Waals surface area contributed by atoms with Crippen molar-refractivity contribution in [3.63, 3.8) is 0 Å². The van der Waals surface area contributed by atoms with Crippen LogP contribution in [0.15, 0.2) is 24.3 Å². The van der Waals surface area contributed by atoms with Crippen molar-refractivity contribution in [1.82, 2.24) is 60.0 Å². The first-order chi connectivity index (χ1) is 48.1. The van der Waals surface area contributed by atoms with Crippen molar-refractivity contribution in [3.8, 4) is 0 Å². The molecule has 3 aliphatic carbocycles. The smallest absolute Gasteiger partial charge is 0.347 e. The highest BCUT2D eigenvalue weighted by Crippen LogP contribution is 2.42. The zero-order valence-corrected chi connectivity index (χ0v) is 60.5. The topological polar surface area (TPSA) is 270 Å². The van der Waals surface area contributed by atoms with Gasteiger partial charge in [-0.05, 0) is 119 Å². The van der Waals surface area contributed by atoms with E-state index in [0.717, 1.165) is 41.3 Å². The van der Waals surface area contributed by atoms with Crippen LogP contribution in [-0.4, -0.2) is 263 Å². The fourth-order valence-corrected chi connectivity index (χ4v) is 15.1. The molecule has 3 saturated carbocycles. The molecule has 574 valence electrons. The van der Waals surface area contributed by atoms with E-state index in [4.69, 9.17) is 0 Å². The highest BCUT2D eigenvalue weighted by Gasteiger charge is 2.56. The van der Waals surface area contributed by atoms with Gasteiger partial charge in [0, 0.05) is 82.2 Å². The van der Waals surface area contributed by atoms with Crippen LogP contribution in [0.2, 0.25) is 0 Å². The molecule has 1 spiro atoms. The first-order valence-electron chi connectivity index (χ1n) is 35.3. The Hall–Kier alpha value is -8.03. The number of carbonyl (C=O) groups excluding carboxylic acids is 12. The minimum atomic E-state index is -5.50. The zero-order chi connectivity index (χ0) is 76.7. The second kappa shape index (κ2) is 33.8. The first kappa shape index (κ1) is 82.3. The Labute approximate surface area is 594 Å². The van der Waals surface area contributed by atoms with Gasteiger partial charge in [-0.15, -0.1) is 0 Å². The molecule has 9 atom stereocenters. The minimum absolute atomic E-state index is 0.0284. The molecule has 12 amide bonds. The van der Waals surface area contributed by atoms with Crippen molar-refractivity contribution in [1.29, 1.82) is 0 Å². The maximum absolute atomic E-state index is 16.1. The Morgan fingerprint density at radius 1 is 0.660 bits per heavy atom. The molecule has 2 bridgehead atoms. The van der Waals surface area contributed by atoms with E-state index in [9.17, 15) is 55.5 Å². The number of halogens is 9. The Bertz CT molecular complexity index is 3350. The number of hydrogen-bond donors (Lipinski definition) is 3. The van der Waals surface area contributed by atoms with Crippen LogP contribution in [0.25, 0.3) is 0 Å². The quantitative estimate of drug-likeness (QED) is 0.199. The van der Waals surface area contributed by atoms with Crippen LogP contribution >= 0.6 is 0 Å². The van der Waals surface area contributed by atoms with Crippen LogP contribution in [0.3, 0.4) is 0 Å².